The standard InChI is InChI=1S/C12H13N3OS2/c16-11(13-7-8-3-2-6-17-8)15-12-14-9-4-1-5-10(9)18-12/h2-3,6H,1,4-5,7H2,(H2,13,14,15,16). The molecular formula is C12H13N3OS2. The minimum atomic E-state index is -0.184. The van der Waals surface area contributed by atoms with Gasteiger partial charge in [0.2, 0.25) is 0 Å². The number of hydrogen-bond donors (Lipinski definition) is 2. The molecule has 2 heterocycles. The van der Waals surface area contributed by atoms with Gasteiger partial charge in [0.1, 0.15) is 0 Å². The number of fused-ring (bicyclic) bond motifs is 1. The van der Waals surface area contributed by atoms with Crippen LogP contribution >= 0.6 is 22.7 Å². The van der Waals surface area contributed by atoms with E-state index in [1.54, 1.807) is 22.7 Å². The van der Waals surface area contributed by atoms with Crippen molar-refractivity contribution in [2.24, 2.45) is 0 Å². The van der Waals surface area contributed by atoms with E-state index in [9.17, 15) is 4.79 Å². The molecule has 0 unspecified atom stereocenters. The first-order valence-electron chi connectivity index (χ1n) is 5.87. The molecule has 2 aromatic heterocycles. The summed E-state index contributed by atoms with van der Waals surface area (Å²) in [6.07, 6.45) is 3.34. The Morgan fingerprint density at radius 3 is 3.17 bits per heavy atom. The van der Waals surface area contributed by atoms with Crippen molar-refractivity contribution in [2.45, 2.75) is 25.8 Å². The summed E-state index contributed by atoms with van der Waals surface area (Å²) in [6, 6.07) is 3.80. The molecule has 6 heteroatoms. The molecule has 3 rings (SSSR count). The number of hydrogen-bond acceptors (Lipinski definition) is 4. The fourth-order valence-electron chi connectivity index (χ4n) is 1.97. The van der Waals surface area contributed by atoms with E-state index in [0.29, 0.717) is 11.7 Å². The van der Waals surface area contributed by atoms with Gasteiger partial charge in [-0.3, -0.25) is 5.32 Å². The summed E-state index contributed by atoms with van der Waals surface area (Å²) in [5.41, 5.74) is 1.16. The Balaban J connectivity index is 1.54. The lowest BCUT2D eigenvalue weighted by atomic mass is 10.4. The van der Waals surface area contributed by atoms with Crippen LogP contribution in [0.5, 0.6) is 0 Å². The van der Waals surface area contributed by atoms with Crippen LogP contribution in [0.1, 0.15) is 21.9 Å². The van der Waals surface area contributed by atoms with Crippen LogP contribution in [0.15, 0.2) is 17.5 Å². The molecule has 0 atom stereocenters. The number of carbonyl (C=O) groups is 1. The van der Waals surface area contributed by atoms with Gasteiger partial charge >= 0.3 is 6.03 Å². The molecule has 2 aromatic rings. The maximum absolute atomic E-state index is 11.7. The van der Waals surface area contributed by atoms with Gasteiger partial charge in [-0.2, -0.15) is 0 Å². The smallest absolute Gasteiger partial charge is 0.321 e. The van der Waals surface area contributed by atoms with E-state index in [-0.39, 0.29) is 6.03 Å². The fraction of sp³-hybridized carbons (Fsp3) is 0.333. The molecule has 0 bridgehead atoms. The number of nitrogens with zero attached hydrogens (tertiary/aromatic N) is 1. The number of urea groups is 1. The number of carbonyl (C=O) groups excluding carboxylic acids is 1. The van der Waals surface area contributed by atoms with E-state index in [1.165, 1.54) is 11.3 Å². The van der Waals surface area contributed by atoms with Gasteiger partial charge < -0.3 is 5.32 Å². The first-order chi connectivity index (χ1) is 8.81. The van der Waals surface area contributed by atoms with Crippen molar-refractivity contribution in [1.29, 1.82) is 0 Å². The quantitative estimate of drug-likeness (QED) is 0.907. The van der Waals surface area contributed by atoms with E-state index in [2.05, 4.69) is 15.6 Å². The molecule has 94 valence electrons. The van der Waals surface area contributed by atoms with E-state index < -0.39 is 0 Å². The van der Waals surface area contributed by atoms with Crippen LogP contribution in [-0.4, -0.2) is 11.0 Å². The topological polar surface area (TPSA) is 54.0 Å². The molecule has 0 saturated carbocycles. The van der Waals surface area contributed by atoms with Crippen LogP contribution in [0, 0.1) is 0 Å². The van der Waals surface area contributed by atoms with Gasteiger partial charge in [-0.15, -0.1) is 22.7 Å². The summed E-state index contributed by atoms with van der Waals surface area (Å²) in [4.78, 5) is 18.6. The number of thiophene rings is 1. The molecule has 0 spiro atoms. The minimum Gasteiger partial charge on any atom is -0.333 e. The van der Waals surface area contributed by atoms with E-state index in [0.717, 1.165) is 23.4 Å². The van der Waals surface area contributed by atoms with Gasteiger partial charge in [0.05, 0.1) is 12.2 Å². The molecule has 0 radical (unpaired) electrons. The monoisotopic (exact) mass is 279 g/mol. The first-order valence-corrected chi connectivity index (χ1v) is 7.57. The second-order valence-corrected chi connectivity index (χ2v) is 6.25. The number of thiazole rings is 1. The number of anilines is 1. The predicted octanol–water partition coefficient (Wildman–Crippen LogP) is 3.02. The Kier molecular flexibility index (Phi) is 3.29. The molecule has 1 aliphatic rings. The van der Waals surface area contributed by atoms with Crippen molar-refractivity contribution in [3.8, 4) is 0 Å². The number of amides is 2. The van der Waals surface area contributed by atoms with Gasteiger partial charge in [0, 0.05) is 9.75 Å². The van der Waals surface area contributed by atoms with Crippen LogP contribution in [0.25, 0.3) is 0 Å². The van der Waals surface area contributed by atoms with Gasteiger partial charge in [-0.1, -0.05) is 6.07 Å². The van der Waals surface area contributed by atoms with Gasteiger partial charge in [-0.05, 0) is 30.7 Å². The van der Waals surface area contributed by atoms with Gasteiger partial charge in [0.15, 0.2) is 5.13 Å². The number of aryl methyl sites for hydroxylation is 2. The number of aromatic nitrogens is 1. The molecule has 1 aliphatic carbocycles. The zero-order valence-corrected chi connectivity index (χ0v) is 11.4. The highest BCUT2D eigenvalue weighted by Crippen LogP contribution is 2.30. The van der Waals surface area contributed by atoms with Crippen molar-refractivity contribution in [3.05, 3.63) is 33.0 Å². The normalized spacial score (nSPS) is 13.3. The maximum atomic E-state index is 11.7. The minimum absolute atomic E-state index is 0.184. The molecule has 18 heavy (non-hydrogen) atoms. The molecule has 0 saturated heterocycles. The Morgan fingerprint density at radius 2 is 2.39 bits per heavy atom. The zero-order chi connectivity index (χ0) is 12.4. The molecule has 2 N–H and O–H groups in total. The van der Waals surface area contributed by atoms with Crippen molar-refractivity contribution < 1.29 is 4.79 Å². The molecule has 0 fully saturated rings. The molecular weight excluding hydrogens is 266 g/mol. The lowest BCUT2D eigenvalue weighted by Crippen LogP contribution is -2.27. The van der Waals surface area contributed by atoms with Crippen LogP contribution < -0.4 is 10.6 Å². The Bertz CT molecular complexity index is 526. The van der Waals surface area contributed by atoms with Crippen molar-refractivity contribution in [1.82, 2.24) is 10.3 Å². The summed E-state index contributed by atoms with van der Waals surface area (Å²) in [7, 11) is 0. The van der Waals surface area contributed by atoms with E-state index >= 15 is 0 Å². The Morgan fingerprint density at radius 1 is 1.44 bits per heavy atom. The number of nitrogens with one attached hydrogen (secondary N) is 2. The second kappa shape index (κ2) is 5.07. The fourth-order valence-corrected chi connectivity index (χ4v) is 3.66. The van der Waals surface area contributed by atoms with Crippen LogP contribution in [-0.2, 0) is 19.4 Å². The summed E-state index contributed by atoms with van der Waals surface area (Å²) >= 11 is 3.23. The van der Waals surface area contributed by atoms with Crippen molar-refractivity contribution >= 4 is 33.8 Å². The Labute approximate surface area is 113 Å². The van der Waals surface area contributed by atoms with Crippen LogP contribution in [0.4, 0.5) is 9.93 Å². The second-order valence-electron chi connectivity index (χ2n) is 4.13. The highest BCUT2D eigenvalue weighted by molar-refractivity contribution is 7.15. The van der Waals surface area contributed by atoms with E-state index in [4.69, 9.17) is 0 Å². The predicted molar refractivity (Wildman–Crippen MR) is 74.3 cm³/mol. The summed E-state index contributed by atoms with van der Waals surface area (Å²) < 4.78 is 0. The third-order valence-corrected chi connectivity index (χ3v) is 4.77. The lowest BCUT2D eigenvalue weighted by molar-refractivity contribution is 0.252. The molecule has 0 aromatic carbocycles. The van der Waals surface area contributed by atoms with Crippen molar-refractivity contribution in [2.75, 3.05) is 5.32 Å². The van der Waals surface area contributed by atoms with Crippen LogP contribution in [0.2, 0.25) is 0 Å². The highest BCUT2D eigenvalue weighted by atomic mass is 32.1. The molecule has 2 amide bonds. The van der Waals surface area contributed by atoms with E-state index in [1.807, 2.05) is 17.5 Å². The van der Waals surface area contributed by atoms with Gasteiger partial charge in [-0.25, -0.2) is 9.78 Å². The summed E-state index contributed by atoms with van der Waals surface area (Å²) in [6.45, 7) is 0.564. The van der Waals surface area contributed by atoms with Crippen molar-refractivity contribution in [3.63, 3.8) is 0 Å². The van der Waals surface area contributed by atoms with Gasteiger partial charge in [0.25, 0.3) is 0 Å². The molecule has 4 nitrogen and oxygen atoms in total. The summed E-state index contributed by atoms with van der Waals surface area (Å²) in [5.74, 6) is 0. The largest absolute Gasteiger partial charge is 0.333 e. The number of rotatable bonds is 3. The average molecular weight is 279 g/mol. The third-order valence-electron chi connectivity index (χ3n) is 2.82. The Hall–Kier alpha value is -1.40. The average Bonchev–Trinajstić information content (AvgIpc) is 3.01. The first kappa shape index (κ1) is 11.7. The van der Waals surface area contributed by atoms with Crippen LogP contribution in [0.3, 0.4) is 0 Å². The maximum Gasteiger partial charge on any atom is 0.321 e. The summed E-state index contributed by atoms with van der Waals surface area (Å²) in [5, 5.41) is 8.33. The SMILES string of the molecule is O=C(NCc1cccs1)Nc1nc2c(s1)CCC2. The zero-order valence-electron chi connectivity index (χ0n) is 9.73. The highest BCUT2D eigenvalue weighted by Gasteiger charge is 2.17. The molecule has 0 aliphatic heterocycles. The lowest BCUT2D eigenvalue weighted by Gasteiger charge is -2.03. The third kappa shape index (κ3) is 2.54.